The van der Waals surface area contributed by atoms with Crippen molar-refractivity contribution in [3.8, 4) is 34.1 Å². The van der Waals surface area contributed by atoms with Crippen LogP contribution in [-0.2, 0) is 20.1 Å². The predicted molar refractivity (Wildman–Crippen MR) is 198 cm³/mol. The molecular formula is C43H48IrN3O-. The van der Waals surface area contributed by atoms with Gasteiger partial charge in [-0.25, -0.2) is 4.98 Å². The van der Waals surface area contributed by atoms with Crippen LogP contribution in [0.5, 0.6) is 5.75 Å². The molecule has 0 atom stereocenters. The fourth-order valence-corrected chi connectivity index (χ4v) is 6.29. The van der Waals surface area contributed by atoms with Crippen LogP contribution in [0.25, 0.3) is 39.1 Å². The number of aromatic nitrogens is 3. The van der Waals surface area contributed by atoms with Crippen molar-refractivity contribution < 1.29 is 25.2 Å². The SMILES string of the molecule is Cc1[c-]c(-c2nccc3cc(C(C)C)ccc23)cc(C)c1.Cc1nc(-c2ccccc2O)n(-c2c(C(C)C)cccc2C(C)C)c1C.[Ir]. The molecule has 0 spiro atoms. The maximum atomic E-state index is 10.4. The second-order valence-electron chi connectivity index (χ2n) is 13.6. The maximum absolute atomic E-state index is 10.4. The Labute approximate surface area is 300 Å². The van der Waals surface area contributed by atoms with Crippen molar-refractivity contribution in [2.24, 2.45) is 0 Å². The van der Waals surface area contributed by atoms with Crippen molar-refractivity contribution in [1.29, 1.82) is 0 Å². The molecule has 251 valence electrons. The molecule has 48 heavy (non-hydrogen) atoms. The summed E-state index contributed by atoms with van der Waals surface area (Å²) < 4.78 is 2.23. The third kappa shape index (κ3) is 7.64. The molecule has 2 aromatic heterocycles. The summed E-state index contributed by atoms with van der Waals surface area (Å²) in [6.07, 6.45) is 1.90. The minimum absolute atomic E-state index is 0. The molecule has 0 aliphatic heterocycles. The molecule has 0 saturated carbocycles. The van der Waals surface area contributed by atoms with Crippen molar-refractivity contribution in [3.63, 3.8) is 0 Å². The third-order valence-electron chi connectivity index (χ3n) is 8.91. The molecule has 2 heterocycles. The second kappa shape index (κ2) is 15.4. The molecule has 4 aromatic carbocycles. The fraction of sp³-hybridized carbons (Fsp3) is 0.302. The summed E-state index contributed by atoms with van der Waals surface area (Å²) in [7, 11) is 0. The Morgan fingerprint density at radius 2 is 1.40 bits per heavy atom. The van der Waals surface area contributed by atoms with Gasteiger partial charge in [-0.1, -0.05) is 104 Å². The normalized spacial score (nSPS) is 11.2. The Kier molecular flexibility index (Phi) is 11.8. The average Bonchev–Trinajstić information content (AvgIpc) is 3.32. The standard InChI is InChI=1S/C23H28N2O.C20H20N.Ir/c1-14(2)18-11-9-12-19(15(3)4)22(18)25-17(6)16(5)24-23(25)20-10-7-8-13-21(20)26;1-13(2)16-5-6-19-17(12-16)7-8-21-20(19)18-10-14(3)9-15(4)11-18;/h7-15,26H,1-6H3;5-10,12-13H,1-4H3;/q;-1;. The number of aryl methyl sites for hydroxylation is 3. The van der Waals surface area contributed by atoms with E-state index in [9.17, 15) is 5.11 Å². The van der Waals surface area contributed by atoms with Gasteiger partial charge in [0.05, 0.1) is 16.9 Å². The largest absolute Gasteiger partial charge is 0.507 e. The molecule has 4 nitrogen and oxygen atoms in total. The number of phenolic OH excluding ortho intramolecular Hbond substituents is 1. The topological polar surface area (TPSA) is 50.9 Å². The first-order valence-corrected chi connectivity index (χ1v) is 16.7. The summed E-state index contributed by atoms with van der Waals surface area (Å²) >= 11 is 0. The van der Waals surface area contributed by atoms with Gasteiger partial charge in [0.15, 0.2) is 0 Å². The Bertz CT molecular complexity index is 1990. The maximum Gasteiger partial charge on any atom is 0.148 e. The molecule has 0 unspecified atom stereocenters. The first kappa shape index (κ1) is 36.8. The van der Waals surface area contributed by atoms with Crippen LogP contribution >= 0.6 is 0 Å². The minimum atomic E-state index is 0. The van der Waals surface area contributed by atoms with Gasteiger partial charge < -0.3 is 10.1 Å². The molecule has 1 radical (unpaired) electrons. The van der Waals surface area contributed by atoms with Crippen molar-refractivity contribution in [1.82, 2.24) is 14.5 Å². The Balaban J connectivity index is 0.000000217. The zero-order chi connectivity index (χ0) is 34.0. The number of nitrogens with zero attached hydrogens (tertiary/aromatic N) is 3. The molecule has 0 fully saturated rings. The molecule has 0 aliphatic carbocycles. The van der Waals surface area contributed by atoms with Crippen molar-refractivity contribution in [3.05, 3.63) is 130 Å². The Morgan fingerprint density at radius 3 is 2.00 bits per heavy atom. The van der Waals surface area contributed by atoms with Crippen molar-refractivity contribution in [2.75, 3.05) is 0 Å². The number of hydrogen-bond acceptors (Lipinski definition) is 3. The monoisotopic (exact) mass is 815 g/mol. The quantitative estimate of drug-likeness (QED) is 0.170. The van der Waals surface area contributed by atoms with Gasteiger partial charge in [0.2, 0.25) is 0 Å². The summed E-state index contributed by atoms with van der Waals surface area (Å²) in [5.41, 5.74) is 12.5. The van der Waals surface area contributed by atoms with Gasteiger partial charge in [0, 0.05) is 32.0 Å². The first-order chi connectivity index (χ1) is 22.4. The van der Waals surface area contributed by atoms with E-state index in [4.69, 9.17) is 4.98 Å². The number of imidazole rings is 1. The summed E-state index contributed by atoms with van der Waals surface area (Å²) in [6.45, 7) is 21.7. The molecule has 5 heteroatoms. The number of phenols is 1. The molecule has 6 aromatic rings. The van der Waals surface area contributed by atoms with Crippen LogP contribution in [0.15, 0.2) is 85.1 Å². The van der Waals surface area contributed by atoms with E-state index in [1.165, 1.54) is 38.7 Å². The Morgan fingerprint density at radius 1 is 0.729 bits per heavy atom. The van der Waals surface area contributed by atoms with Gasteiger partial charge in [0.1, 0.15) is 11.6 Å². The third-order valence-corrected chi connectivity index (χ3v) is 8.91. The predicted octanol–water partition coefficient (Wildman–Crippen LogP) is 11.5. The molecule has 6 rings (SSSR count). The van der Waals surface area contributed by atoms with Crippen LogP contribution in [-0.4, -0.2) is 19.6 Å². The molecule has 0 amide bonds. The molecule has 0 saturated heterocycles. The molecule has 0 bridgehead atoms. The average molecular weight is 815 g/mol. The smallest absolute Gasteiger partial charge is 0.148 e. The van der Waals surface area contributed by atoms with E-state index in [0.29, 0.717) is 17.8 Å². The van der Waals surface area contributed by atoms with Crippen LogP contribution in [0.4, 0.5) is 0 Å². The van der Waals surface area contributed by atoms with E-state index < -0.39 is 0 Å². The number of rotatable bonds is 6. The molecule has 0 aliphatic rings. The zero-order valence-corrected chi connectivity index (χ0v) is 32.3. The van der Waals surface area contributed by atoms with Gasteiger partial charge in [-0.15, -0.1) is 34.9 Å². The van der Waals surface area contributed by atoms with Gasteiger partial charge >= 0.3 is 0 Å². The van der Waals surface area contributed by atoms with Gasteiger partial charge in [-0.3, -0.25) is 4.57 Å². The molecule has 1 N–H and O–H groups in total. The van der Waals surface area contributed by atoms with Crippen LogP contribution < -0.4 is 0 Å². The van der Waals surface area contributed by atoms with Gasteiger partial charge in [0.25, 0.3) is 0 Å². The summed E-state index contributed by atoms with van der Waals surface area (Å²) in [6, 6.07) is 30.5. The summed E-state index contributed by atoms with van der Waals surface area (Å²) in [5.74, 6) is 2.38. The number of fused-ring (bicyclic) bond motifs is 1. The second-order valence-corrected chi connectivity index (χ2v) is 13.6. The van der Waals surface area contributed by atoms with E-state index in [2.05, 4.69) is 133 Å². The van der Waals surface area contributed by atoms with Crippen LogP contribution in [0, 0.1) is 33.8 Å². The zero-order valence-electron chi connectivity index (χ0n) is 29.9. The van der Waals surface area contributed by atoms with Crippen molar-refractivity contribution in [2.45, 2.75) is 87.0 Å². The van der Waals surface area contributed by atoms with E-state index in [1.54, 1.807) is 6.07 Å². The van der Waals surface area contributed by atoms with Gasteiger partial charge in [-0.2, -0.15) is 0 Å². The van der Waals surface area contributed by atoms with Crippen LogP contribution in [0.2, 0.25) is 0 Å². The van der Waals surface area contributed by atoms with Crippen LogP contribution in [0.3, 0.4) is 0 Å². The fourth-order valence-electron chi connectivity index (χ4n) is 6.29. The van der Waals surface area contributed by atoms with E-state index in [0.717, 1.165) is 39.6 Å². The summed E-state index contributed by atoms with van der Waals surface area (Å²) in [5, 5.41) is 12.9. The van der Waals surface area contributed by atoms with E-state index in [1.807, 2.05) is 31.3 Å². The molecular weight excluding hydrogens is 767 g/mol. The van der Waals surface area contributed by atoms with E-state index >= 15 is 0 Å². The number of hydrogen-bond donors (Lipinski definition) is 1. The van der Waals surface area contributed by atoms with Gasteiger partial charge in [-0.05, 0) is 83.0 Å². The number of para-hydroxylation sites is 2. The Hall–Kier alpha value is -4.05. The number of benzene rings is 4. The van der Waals surface area contributed by atoms with Crippen molar-refractivity contribution >= 4 is 10.8 Å². The van der Waals surface area contributed by atoms with E-state index in [-0.39, 0.29) is 25.9 Å². The van der Waals surface area contributed by atoms with Crippen LogP contribution in [0.1, 0.15) is 98.5 Å². The minimum Gasteiger partial charge on any atom is -0.507 e. The first-order valence-electron chi connectivity index (χ1n) is 16.7. The number of aromatic hydroxyl groups is 1. The summed E-state index contributed by atoms with van der Waals surface area (Å²) in [4.78, 5) is 9.42. The number of pyridine rings is 1.